The summed E-state index contributed by atoms with van der Waals surface area (Å²) in [6.45, 7) is 11.1. The zero-order valence-electron chi connectivity index (χ0n) is 19.5. The molecular weight excluding hydrogens is 440 g/mol. The van der Waals surface area contributed by atoms with Crippen molar-refractivity contribution < 1.29 is 14.3 Å². The first-order valence-corrected chi connectivity index (χ1v) is 11.1. The predicted molar refractivity (Wildman–Crippen MR) is 131 cm³/mol. The lowest BCUT2D eigenvalue weighted by Crippen LogP contribution is -2.36. The van der Waals surface area contributed by atoms with Gasteiger partial charge < -0.3 is 15.0 Å². The SMILES string of the molecule is C=CCOC(=O)/C(C#N)=c1\s/c(=C/Nc2cccc(N(C)C(=O)C(C)(C)C)c2)c(=O)n1CC. The number of ether oxygens (including phenoxy) is 1. The number of nitrogens with zero attached hydrogens (tertiary/aromatic N) is 3. The molecule has 0 aliphatic carbocycles. The minimum Gasteiger partial charge on any atom is -0.457 e. The van der Waals surface area contributed by atoms with Crippen LogP contribution in [0.3, 0.4) is 0 Å². The van der Waals surface area contributed by atoms with Crippen molar-refractivity contribution in [3.05, 3.63) is 56.5 Å². The van der Waals surface area contributed by atoms with E-state index in [9.17, 15) is 19.6 Å². The maximum absolute atomic E-state index is 12.8. The van der Waals surface area contributed by atoms with Crippen LogP contribution in [0.1, 0.15) is 27.7 Å². The average molecular weight is 469 g/mol. The molecule has 1 aromatic carbocycles. The normalized spacial score (nSPS) is 12.5. The smallest absolute Gasteiger partial charge is 0.352 e. The summed E-state index contributed by atoms with van der Waals surface area (Å²) in [6.07, 6.45) is 2.93. The summed E-state index contributed by atoms with van der Waals surface area (Å²) in [5.74, 6) is -0.833. The van der Waals surface area contributed by atoms with Gasteiger partial charge in [0.1, 0.15) is 21.9 Å². The Morgan fingerprint density at radius 1 is 1.36 bits per heavy atom. The monoisotopic (exact) mass is 468 g/mol. The van der Waals surface area contributed by atoms with E-state index in [4.69, 9.17) is 4.74 Å². The lowest BCUT2D eigenvalue weighted by molar-refractivity contribution is -0.135. The summed E-state index contributed by atoms with van der Waals surface area (Å²) in [7, 11) is 1.71. The van der Waals surface area contributed by atoms with Crippen molar-refractivity contribution in [1.82, 2.24) is 4.57 Å². The third-order valence-corrected chi connectivity index (χ3v) is 5.77. The number of carbonyl (C=O) groups is 2. The van der Waals surface area contributed by atoms with Crippen molar-refractivity contribution in [1.29, 1.82) is 5.26 Å². The molecule has 0 bridgehead atoms. The molecule has 1 aromatic heterocycles. The number of nitrogens with one attached hydrogen (secondary N) is 1. The second kappa shape index (κ2) is 10.8. The Hall–Kier alpha value is -3.64. The summed E-state index contributed by atoms with van der Waals surface area (Å²) < 4.78 is 6.88. The van der Waals surface area contributed by atoms with Crippen molar-refractivity contribution in [3.8, 4) is 6.07 Å². The van der Waals surface area contributed by atoms with Gasteiger partial charge in [-0.15, -0.1) is 11.3 Å². The predicted octanol–water partition coefficient (Wildman–Crippen LogP) is 2.19. The molecule has 2 rings (SSSR count). The van der Waals surface area contributed by atoms with Gasteiger partial charge >= 0.3 is 5.97 Å². The van der Waals surface area contributed by atoms with Crippen LogP contribution in [0.2, 0.25) is 0 Å². The summed E-state index contributed by atoms with van der Waals surface area (Å²) in [5.41, 5.74) is 0.296. The van der Waals surface area contributed by atoms with Crippen molar-refractivity contribution in [3.63, 3.8) is 0 Å². The Morgan fingerprint density at radius 3 is 2.64 bits per heavy atom. The first-order valence-electron chi connectivity index (χ1n) is 10.3. The van der Waals surface area contributed by atoms with E-state index in [1.54, 1.807) is 31.0 Å². The number of nitriles is 1. The van der Waals surface area contributed by atoms with E-state index < -0.39 is 11.4 Å². The first kappa shape index (κ1) is 25.6. The van der Waals surface area contributed by atoms with Gasteiger partial charge in [0.15, 0.2) is 5.57 Å². The van der Waals surface area contributed by atoms with E-state index in [2.05, 4.69) is 11.9 Å². The van der Waals surface area contributed by atoms with Gasteiger partial charge in [0, 0.05) is 36.6 Å². The Bertz CT molecular complexity index is 1280. The molecule has 0 unspecified atom stereocenters. The molecule has 8 nitrogen and oxygen atoms in total. The highest BCUT2D eigenvalue weighted by Crippen LogP contribution is 2.24. The molecule has 0 fully saturated rings. The Morgan fingerprint density at radius 2 is 2.06 bits per heavy atom. The lowest BCUT2D eigenvalue weighted by atomic mass is 9.94. The Labute approximate surface area is 196 Å². The second-order valence-corrected chi connectivity index (χ2v) is 9.18. The molecule has 2 aromatic rings. The third kappa shape index (κ3) is 5.99. The second-order valence-electron chi connectivity index (χ2n) is 8.15. The molecule has 0 saturated carbocycles. The van der Waals surface area contributed by atoms with Gasteiger partial charge in [0.05, 0.1) is 0 Å². The van der Waals surface area contributed by atoms with Crippen LogP contribution in [0, 0.1) is 16.7 Å². The van der Waals surface area contributed by atoms with Gasteiger partial charge in [-0.2, -0.15) is 5.26 Å². The number of rotatable bonds is 7. The van der Waals surface area contributed by atoms with E-state index in [0.29, 0.717) is 15.9 Å². The summed E-state index contributed by atoms with van der Waals surface area (Å²) in [4.78, 5) is 39.2. The standard InChI is InChI=1S/C24H28N4O4S/c1-7-12-32-22(30)18(14-25)21-28(8-2)20(29)19(33-21)15-26-16-10-9-11-17(13-16)27(6)23(31)24(3,4)5/h7,9-11,13,15,26H,1,8,12H2,2-6H3/b19-15+,21-18-. The third-order valence-electron chi connectivity index (χ3n) is 4.64. The highest BCUT2D eigenvalue weighted by atomic mass is 32.1. The van der Waals surface area contributed by atoms with Gasteiger partial charge in [-0.1, -0.05) is 39.5 Å². The van der Waals surface area contributed by atoms with Crippen LogP contribution in [0.5, 0.6) is 0 Å². The molecule has 1 amide bonds. The number of hydrogen-bond acceptors (Lipinski definition) is 7. The summed E-state index contributed by atoms with van der Waals surface area (Å²) >= 11 is 1.02. The topological polar surface area (TPSA) is 104 Å². The highest BCUT2D eigenvalue weighted by molar-refractivity contribution is 7.07. The molecule has 9 heteroatoms. The van der Waals surface area contributed by atoms with Crippen molar-refractivity contribution >= 4 is 46.4 Å². The molecule has 0 aliphatic rings. The van der Waals surface area contributed by atoms with Gasteiger partial charge in [0.25, 0.3) is 5.56 Å². The van der Waals surface area contributed by atoms with Crippen LogP contribution in [-0.4, -0.2) is 30.1 Å². The van der Waals surface area contributed by atoms with Crippen LogP contribution >= 0.6 is 11.3 Å². The minimum absolute atomic E-state index is 0.0275. The number of amides is 1. The summed E-state index contributed by atoms with van der Waals surface area (Å²) in [6, 6.07) is 9.08. The Kier molecular flexibility index (Phi) is 8.38. The number of hydrogen-bond donors (Lipinski definition) is 1. The van der Waals surface area contributed by atoms with E-state index >= 15 is 0 Å². The molecular formula is C24H28N4O4S. The van der Waals surface area contributed by atoms with Crippen molar-refractivity contribution in [2.24, 2.45) is 5.41 Å². The molecule has 1 N–H and O–H groups in total. The number of aromatic nitrogens is 1. The van der Waals surface area contributed by atoms with E-state index in [1.807, 2.05) is 39.0 Å². The molecule has 0 radical (unpaired) electrons. The maximum atomic E-state index is 12.8. The van der Waals surface area contributed by atoms with Gasteiger partial charge in [-0.25, -0.2) is 4.79 Å². The molecule has 0 aliphatic heterocycles. The van der Waals surface area contributed by atoms with Gasteiger partial charge in [-0.3, -0.25) is 14.2 Å². The zero-order valence-corrected chi connectivity index (χ0v) is 20.3. The highest BCUT2D eigenvalue weighted by Gasteiger charge is 2.25. The van der Waals surface area contributed by atoms with Crippen molar-refractivity contribution in [2.45, 2.75) is 34.2 Å². The summed E-state index contributed by atoms with van der Waals surface area (Å²) in [5, 5.41) is 12.6. The fourth-order valence-electron chi connectivity index (χ4n) is 2.95. The zero-order chi connectivity index (χ0) is 24.8. The number of esters is 1. The first-order chi connectivity index (χ1) is 15.5. The van der Waals surface area contributed by atoms with Gasteiger partial charge in [-0.05, 0) is 25.1 Å². The minimum atomic E-state index is -0.806. The maximum Gasteiger partial charge on any atom is 0.352 e. The molecule has 0 atom stereocenters. The fraction of sp³-hybridized carbons (Fsp3) is 0.333. The molecule has 174 valence electrons. The largest absolute Gasteiger partial charge is 0.457 e. The van der Waals surface area contributed by atoms with E-state index in [-0.39, 0.29) is 34.9 Å². The number of thiazole rings is 1. The van der Waals surface area contributed by atoms with Crippen LogP contribution in [-0.2, 0) is 20.9 Å². The number of carbonyl (C=O) groups excluding carboxylic acids is 2. The quantitative estimate of drug-likeness (QED) is 0.493. The molecule has 33 heavy (non-hydrogen) atoms. The van der Waals surface area contributed by atoms with Crippen LogP contribution in [0.4, 0.5) is 11.4 Å². The van der Waals surface area contributed by atoms with Crippen LogP contribution in [0.15, 0.2) is 41.7 Å². The van der Waals surface area contributed by atoms with Crippen LogP contribution in [0.25, 0.3) is 11.8 Å². The van der Waals surface area contributed by atoms with E-state index in [0.717, 1.165) is 11.3 Å². The number of anilines is 2. The molecule has 0 saturated heterocycles. The Balaban J connectivity index is 2.46. The van der Waals surface area contributed by atoms with Gasteiger partial charge in [0.2, 0.25) is 5.91 Å². The van der Waals surface area contributed by atoms with E-state index in [1.165, 1.54) is 16.8 Å². The lowest BCUT2D eigenvalue weighted by Gasteiger charge is -2.26. The number of benzene rings is 1. The fourth-order valence-corrected chi connectivity index (χ4v) is 4.03. The van der Waals surface area contributed by atoms with Crippen molar-refractivity contribution in [2.75, 3.05) is 23.9 Å². The average Bonchev–Trinajstić information content (AvgIpc) is 3.10. The molecule has 0 spiro atoms. The molecule has 1 heterocycles. The van der Waals surface area contributed by atoms with Crippen LogP contribution < -0.4 is 25.0 Å².